The molecule has 0 aliphatic rings. The van der Waals surface area contributed by atoms with Crippen LogP contribution in [0.3, 0.4) is 0 Å². The van der Waals surface area contributed by atoms with Crippen LogP contribution in [-0.2, 0) is 6.42 Å². The molecule has 0 radical (unpaired) electrons. The molecule has 0 aliphatic carbocycles. The second-order valence-electron chi connectivity index (χ2n) is 5.59. The van der Waals surface area contributed by atoms with Crippen molar-refractivity contribution < 1.29 is 0 Å². The number of hydrogen-bond acceptors (Lipinski definition) is 3. The predicted molar refractivity (Wildman–Crippen MR) is 80.2 cm³/mol. The van der Waals surface area contributed by atoms with Gasteiger partial charge in [-0.2, -0.15) is 0 Å². The van der Waals surface area contributed by atoms with Crippen LogP contribution in [-0.4, -0.2) is 18.6 Å². The van der Waals surface area contributed by atoms with Crippen molar-refractivity contribution >= 4 is 21.6 Å². The molecule has 0 saturated heterocycles. The number of benzene rings is 1. The first-order valence-electron chi connectivity index (χ1n) is 6.54. The van der Waals surface area contributed by atoms with Crippen molar-refractivity contribution in [2.75, 3.05) is 13.6 Å². The van der Waals surface area contributed by atoms with E-state index in [1.165, 1.54) is 9.71 Å². The summed E-state index contributed by atoms with van der Waals surface area (Å²) < 4.78 is 1.29. The van der Waals surface area contributed by atoms with Crippen LogP contribution in [0.25, 0.3) is 10.2 Å². The Hall–Kier alpha value is -0.930. The van der Waals surface area contributed by atoms with Crippen LogP contribution in [0, 0.1) is 11.3 Å². The summed E-state index contributed by atoms with van der Waals surface area (Å²) in [5.41, 5.74) is 1.40. The SMILES string of the molecule is CNCC(C)(Cc1nc2ccccc2s1)C(C)C. The smallest absolute Gasteiger partial charge is 0.0944 e. The van der Waals surface area contributed by atoms with E-state index in [9.17, 15) is 0 Å². The summed E-state index contributed by atoms with van der Waals surface area (Å²) in [5, 5.41) is 4.57. The van der Waals surface area contributed by atoms with Crippen LogP contribution in [0.5, 0.6) is 0 Å². The lowest BCUT2D eigenvalue weighted by molar-refractivity contribution is 0.212. The standard InChI is InChI=1S/C15H22N2S/c1-11(2)15(3,10-16-4)9-14-17-12-7-5-6-8-13(12)18-14/h5-8,11,16H,9-10H2,1-4H3. The number of thiazole rings is 1. The predicted octanol–water partition coefficient (Wildman–Crippen LogP) is 3.72. The fourth-order valence-electron chi connectivity index (χ4n) is 2.22. The van der Waals surface area contributed by atoms with Gasteiger partial charge in [0, 0.05) is 13.0 Å². The molecule has 1 heterocycles. The first-order chi connectivity index (χ1) is 8.55. The third-order valence-electron chi connectivity index (χ3n) is 3.87. The summed E-state index contributed by atoms with van der Waals surface area (Å²) >= 11 is 1.83. The summed E-state index contributed by atoms with van der Waals surface area (Å²) in [6, 6.07) is 8.39. The first-order valence-corrected chi connectivity index (χ1v) is 7.36. The Morgan fingerprint density at radius 2 is 2.06 bits per heavy atom. The van der Waals surface area contributed by atoms with E-state index in [0.717, 1.165) is 18.5 Å². The van der Waals surface area contributed by atoms with E-state index >= 15 is 0 Å². The summed E-state index contributed by atoms with van der Waals surface area (Å²) in [5.74, 6) is 0.636. The molecule has 1 aromatic heterocycles. The molecule has 0 aliphatic heterocycles. The minimum absolute atomic E-state index is 0.266. The van der Waals surface area contributed by atoms with Crippen LogP contribution in [0.1, 0.15) is 25.8 Å². The highest BCUT2D eigenvalue weighted by Crippen LogP contribution is 2.33. The van der Waals surface area contributed by atoms with E-state index < -0.39 is 0 Å². The van der Waals surface area contributed by atoms with E-state index in [1.807, 2.05) is 18.4 Å². The molecular formula is C15H22N2S. The van der Waals surface area contributed by atoms with Crippen LogP contribution >= 0.6 is 11.3 Å². The average Bonchev–Trinajstić information content (AvgIpc) is 2.70. The Morgan fingerprint density at radius 1 is 1.33 bits per heavy atom. The highest BCUT2D eigenvalue weighted by Gasteiger charge is 2.29. The third kappa shape index (κ3) is 2.73. The number of hydrogen-bond donors (Lipinski definition) is 1. The van der Waals surface area contributed by atoms with Crippen molar-refractivity contribution in [1.29, 1.82) is 0 Å². The van der Waals surface area contributed by atoms with Crippen molar-refractivity contribution in [2.45, 2.75) is 27.2 Å². The molecule has 0 saturated carbocycles. The molecule has 0 bridgehead atoms. The minimum Gasteiger partial charge on any atom is -0.319 e. The quantitative estimate of drug-likeness (QED) is 0.888. The van der Waals surface area contributed by atoms with E-state index in [-0.39, 0.29) is 5.41 Å². The van der Waals surface area contributed by atoms with Gasteiger partial charge in [0.1, 0.15) is 0 Å². The Morgan fingerprint density at radius 3 is 2.67 bits per heavy atom. The van der Waals surface area contributed by atoms with E-state index in [0.29, 0.717) is 5.92 Å². The van der Waals surface area contributed by atoms with Gasteiger partial charge in [0.05, 0.1) is 15.2 Å². The van der Waals surface area contributed by atoms with Gasteiger partial charge in [0.2, 0.25) is 0 Å². The molecule has 0 amide bonds. The van der Waals surface area contributed by atoms with Gasteiger partial charge in [0.15, 0.2) is 0 Å². The van der Waals surface area contributed by atoms with Gasteiger partial charge in [-0.05, 0) is 30.5 Å². The Balaban J connectivity index is 2.26. The molecule has 2 rings (SSSR count). The highest BCUT2D eigenvalue weighted by molar-refractivity contribution is 7.18. The monoisotopic (exact) mass is 262 g/mol. The van der Waals surface area contributed by atoms with E-state index in [4.69, 9.17) is 4.98 Å². The van der Waals surface area contributed by atoms with E-state index in [2.05, 4.69) is 50.4 Å². The summed E-state index contributed by atoms with van der Waals surface area (Å²) in [6.07, 6.45) is 1.05. The van der Waals surface area contributed by atoms with Crippen LogP contribution < -0.4 is 5.32 Å². The molecule has 1 atom stereocenters. The molecule has 1 unspecified atom stereocenters. The zero-order valence-corrected chi connectivity index (χ0v) is 12.5. The second kappa shape index (κ2) is 5.37. The largest absolute Gasteiger partial charge is 0.319 e. The third-order valence-corrected chi connectivity index (χ3v) is 4.90. The van der Waals surface area contributed by atoms with Crippen LogP contribution in [0.15, 0.2) is 24.3 Å². The number of nitrogens with one attached hydrogen (secondary N) is 1. The molecule has 3 heteroatoms. The molecule has 0 spiro atoms. The maximum absolute atomic E-state index is 4.75. The number of aromatic nitrogens is 1. The van der Waals surface area contributed by atoms with Gasteiger partial charge in [-0.25, -0.2) is 4.98 Å². The van der Waals surface area contributed by atoms with Crippen molar-refractivity contribution in [3.63, 3.8) is 0 Å². The number of para-hydroxylation sites is 1. The normalized spacial score (nSPS) is 15.2. The van der Waals surface area contributed by atoms with Crippen LogP contribution in [0.4, 0.5) is 0 Å². The maximum atomic E-state index is 4.75. The summed E-state index contributed by atoms with van der Waals surface area (Å²) in [6.45, 7) is 7.97. The number of rotatable bonds is 5. The Bertz CT molecular complexity index is 485. The zero-order chi connectivity index (χ0) is 13.2. The first kappa shape index (κ1) is 13.5. The summed E-state index contributed by atoms with van der Waals surface area (Å²) in [4.78, 5) is 4.75. The van der Waals surface area contributed by atoms with Crippen molar-refractivity contribution in [2.24, 2.45) is 11.3 Å². The lowest BCUT2D eigenvalue weighted by Crippen LogP contribution is -2.36. The average molecular weight is 262 g/mol. The van der Waals surface area contributed by atoms with Gasteiger partial charge in [-0.15, -0.1) is 11.3 Å². The lowest BCUT2D eigenvalue weighted by atomic mass is 9.76. The second-order valence-corrected chi connectivity index (χ2v) is 6.71. The molecule has 18 heavy (non-hydrogen) atoms. The van der Waals surface area contributed by atoms with Gasteiger partial charge < -0.3 is 5.32 Å². The zero-order valence-electron chi connectivity index (χ0n) is 11.7. The van der Waals surface area contributed by atoms with Gasteiger partial charge in [-0.1, -0.05) is 32.9 Å². The minimum atomic E-state index is 0.266. The molecule has 0 fully saturated rings. The molecule has 2 aromatic rings. The fourth-order valence-corrected chi connectivity index (χ4v) is 3.38. The molecular weight excluding hydrogens is 240 g/mol. The fraction of sp³-hybridized carbons (Fsp3) is 0.533. The molecule has 1 aromatic carbocycles. The maximum Gasteiger partial charge on any atom is 0.0944 e. The molecule has 2 nitrogen and oxygen atoms in total. The van der Waals surface area contributed by atoms with Crippen molar-refractivity contribution in [1.82, 2.24) is 10.3 Å². The van der Waals surface area contributed by atoms with Crippen LogP contribution in [0.2, 0.25) is 0 Å². The van der Waals surface area contributed by atoms with Crippen molar-refractivity contribution in [3.8, 4) is 0 Å². The summed E-state index contributed by atoms with van der Waals surface area (Å²) in [7, 11) is 2.03. The number of fused-ring (bicyclic) bond motifs is 1. The topological polar surface area (TPSA) is 24.9 Å². The Kier molecular flexibility index (Phi) is 4.03. The molecule has 1 N–H and O–H groups in total. The van der Waals surface area contributed by atoms with Gasteiger partial charge in [-0.3, -0.25) is 0 Å². The molecule has 98 valence electrons. The van der Waals surface area contributed by atoms with Gasteiger partial charge in [0.25, 0.3) is 0 Å². The van der Waals surface area contributed by atoms with E-state index in [1.54, 1.807) is 0 Å². The van der Waals surface area contributed by atoms with Crippen molar-refractivity contribution in [3.05, 3.63) is 29.3 Å². The lowest BCUT2D eigenvalue weighted by Gasteiger charge is -2.33. The highest BCUT2D eigenvalue weighted by atomic mass is 32.1. The van der Waals surface area contributed by atoms with Gasteiger partial charge >= 0.3 is 0 Å². The Labute approximate surface area is 113 Å². The number of nitrogens with zero attached hydrogens (tertiary/aromatic N) is 1.